The van der Waals surface area contributed by atoms with Crippen LogP contribution in [-0.4, -0.2) is 4.21 Å². The number of halogens is 1. The SMILES string of the molecule is NCc1cccc(CS(=O)c2ccc3c(c2)CCC3)c1F. The second-order valence-electron chi connectivity index (χ2n) is 5.37. The van der Waals surface area contributed by atoms with E-state index in [4.69, 9.17) is 5.73 Å². The molecule has 0 saturated carbocycles. The molecule has 0 saturated heterocycles. The molecule has 21 heavy (non-hydrogen) atoms. The van der Waals surface area contributed by atoms with Crippen LogP contribution < -0.4 is 5.73 Å². The summed E-state index contributed by atoms with van der Waals surface area (Å²) in [5, 5.41) is 0. The van der Waals surface area contributed by atoms with Gasteiger partial charge in [0.25, 0.3) is 0 Å². The molecule has 110 valence electrons. The first kappa shape index (κ1) is 14.4. The molecule has 1 unspecified atom stereocenters. The molecule has 3 rings (SSSR count). The van der Waals surface area contributed by atoms with E-state index in [1.165, 1.54) is 17.5 Å². The van der Waals surface area contributed by atoms with Gasteiger partial charge in [0.2, 0.25) is 0 Å². The van der Waals surface area contributed by atoms with Crippen LogP contribution in [0.15, 0.2) is 41.3 Å². The van der Waals surface area contributed by atoms with Crippen LogP contribution in [-0.2, 0) is 35.9 Å². The van der Waals surface area contributed by atoms with Crippen LogP contribution in [0.2, 0.25) is 0 Å². The van der Waals surface area contributed by atoms with E-state index in [0.29, 0.717) is 11.1 Å². The van der Waals surface area contributed by atoms with Crippen molar-refractivity contribution in [1.29, 1.82) is 0 Å². The Morgan fingerprint density at radius 2 is 1.86 bits per heavy atom. The Morgan fingerprint density at radius 1 is 1.10 bits per heavy atom. The van der Waals surface area contributed by atoms with E-state index in [2.05, 4.69) is 6.07 Å². The normalized spacial score (nSPS) is 15.0. The molecule has 4 heteroatoms. The van der Waals surface area contributed by atoms with Gasteiger partial charge in [0.1, 0.15) is 5.82 Å². The first-order chi connectivity index (χ1) is 10.2. The number of nitrogens with two attached hydrogens (primary N) is 1. The molecule has 0 aliphatic heterocycles. The Labute approximate surface area is 126 Å². The lowest BCUT2D eigenvalue weighted by atomic mass is 10.1. The van der Waals surface area contributed by atoms with Crippen molar-refractivity contribution in [2.24, 2.45) is 5.73 Å². The molecule has 0 amide bonds. The van der Waals surface area contributed by atoms with Crippen molar-refractivity contribution in [2.45, 2.75) is 36.5 Å². The Bertz CT molecular complexity index is 699. The second kappa shape index (κ2) is 6.08. The van der Waals surface area contributed by atoms with Gasteiger partial charge in [0.05, 0.1) is 16.6 Å². The van der Waals surface area contributed by atoms with Crippen molar-refractivity contribution >= 4 is 10.8 Å². The minimum atomic E-state index is -1.23. The molecule has 0 fully saturated rings. The van der Waals surface area contributed by atoms with Crippen molar-refractivity contribution in [3.05, 3.63) is 64.5 Å². The fourth-order valence-corrected chi connectivity index (χ4v) is 3.98. The van der Waals surface area contributed by atoms with E-state index in [1.807, 2.05) is 12.1 Å². The van der Waals surface area contributed by atoms with Crippen LogP contribution in [0.5, 0.6) is 0 Å². The van der Waals surface area contributed by atoms with Crippen LogP contribution in [0, 0.1) is 5.82 Å². The zero-order valence-corrected chi connectivity index (χ0v) is 12.6. The highest BCUT2D eigenvalue weighted by Crippen LogP contribution is 2.25. The summed E-state index contributed by atoms with van der Waals surface area (Å²) < 4.78 is 26.6. The van der Waals surface area contributed by atoms with Gasteiger partial charge in [-0.15, -0.1) is 0 Å². The van der Waals surface area contributed by atoms with Gasteiger partial charge in [-0.05, 0) is 42.5 Å². The van der Waals surface area contributed by atoms with Gasteiger partial charge in [0.15, 0.2) is 0 Å². The maximum atomic E-state index is 14.2. The average molecular weight is 303 g/mol. The van der Waals surface area contributed by atoms with E-state index in [0.717, 1.165) is 17.7 Å². The highest BCUT2D eigenvalue weighted by atomic mass is 32.2. The van der Waals surface area contributed by atoms with Gasteiger partial charge < -0.3 is 5.73 Å². The molecular weight excluding hydrogens is 285 g/mol. The lowest BCUT2D eigenvalue weighted by molar-refractivity contribution is 0.598. The monoisotopic (exact) mass is 303 g/mol. The number of aryl methyl sites for hydroxylation is 2. The molecular formula is C17H18FNOS. The van der Waals surface area contributed by atoms with Crippen molar-refractivity contribution in [1.82, 2.24) is 0 Å². The summed E-state index contributed by atoms with van der Waals surface area (Å²) in [5.74, 6) is -0.132. The van der Waals surface area contributed by atoms with Crippen LogP contribution in [0.4, 0.5) is 4.39 Å². The predicted molar refractivity (Wildman–Crippen MR) is 82.9 cm³/mol. The van der Waals surface area contributed by atoms with E-state index in [1.54, 1.807) is 18.2 Å². The third kappa shape index (κ3) is 2.92. The summed E-state index contributed by atoms with van der Waals surface area (Å²) >= 11 is 0. The van der Waals surface area contributed by atoms with E-state index in [-0.39, 0.29) is 18.1 Å². The third-order valence-corrected chi connectivity index (χ3v) is 5.35. The number of rotatable bonds is 4. The smallest absolute Gasteiger partial charge is 0.131 e. The zero-order chi connectivity index (χ0) is 14.8. The molecule has 1 aliphatic carbocycles. The van der Waals surface area contributed by atoms with E-state index >= 15 is 0 Å². The van der Waals surface area contributed by atoms with Crippen LogP contribution in [0.3, 0.4) is 0 Å². The lowest BCUT2D eigenvalue weighted by Crippen LogP contribution is -2.05. The summed E-state index contributed by atoms with van der Waals surface area (Å²) in [6.45, 7) is 0.158. The van der Waals surface area contributed by atoms with Crippen molar-refractivity contribution < 1.29 is 8.60 Å². The van der Waals surface area contributed by atoms with Gasteiger partial charge in [-0.25, -0.2) is 4.39 Å². The maximum absolute atomic E-state index is 14.2. The summed E-state index contributed by atoms with van der Waals surface area (Å²) in [6, 6.07) is 11.1. The number of hydrogen-bond acceptors (Lipinski definition) is 2. The fraction of sp³-hybridized carbons (Fsp3) is 0.294. The van der Waals surface area contributed by atoms with E-state index in [9.17, 15) is 8.60 Å². The summed E-state index contributed by atoms with van der Waals surface area (Å²) in [6.07, 6.45) is 3.32. The van der Waals surface area contributed by atoms with Crippen LogP contribution in [0.25, 0.3) is 0 Å². The Kier molecular flexibility index (Phi) is 4.17. The summed E-state index contributed by atoms with van der Waals surface area (Å²) in [5.41, 5.74) is 9.09. The minimum absolute atomic E-state index is 0.158. The third-order valence-electron chi connectivity index (χ3n) is 4.00. The molecule has 2 aromatic rings. The van der Waals surface area contributed by atoms with Gasteiger partial charge in [-0.3, -0.25) is 4.21 Å². The van der Waals surface area contributed by atoms with Gasteiger partial charge in [-0.2, -0.15) is 0 Å². The number of benzene rings is 2. The minimum Gasteiger partial charge on any atom is -0.326 e. The van der Waals surface area contributed by atoms with Crippen molar-refractivity contribution in [2.75, 3.05) is 0 Å². The van der Waals surface area contributed by atoms with Crippen LogP contribution in [0.1, 0.15) is 28.7 Å². The van der Waals surface area contributed by atoms with Gasteiger partial charge in [-0.1, -0.05) is 24.3 Å². The molecule has 0 radical (unpaired) electrons. The molecule has 1 aliphatic rings. The van der Waals surface area contributed by atoms with Gasteiger partial charge >= 0.3 is 0 Å². The Balaban J connectivity index is 1.84. The number of hydrogen-bond donors (Lipinski definition) is 1. The van der Waals surface area contributed by atoms with E-state index < -0.39 is 10.8 Å². The van der Waals surface area contributed by atoms with Crippen molar-refractivity contribution in [3.63, 3.8) is 0 Å². The molecule has 1 atom stereocenters. The molecule has 2 nitrogen and oxygen atoms in total. The first-order valence-corrected chi connectivity index (χ1v) is 8.47. The standard InChI is InChI=1S/C17H18FNOS/c18-17-14(10-19)5-2-6-15(17)11-21(20)16-8-7-12-3-1-4-13(12)9-16/h2,5-9H,1,3-4,10-11,19H2. The first-order valence-electron chi connectivity index (χ1n) is 7.15. The Hall–Kier alpha value is -1.52. The largest absolute Gasteiger partial charge is 0.326 e. The molecule has 2 aromatic carbocycles. The highest BCUT2D eigenvalue weighted by Gasteiger charge is 2.15. The average Bonchev–Trinajstić information content (AvgIpc) is 2.96. The molecule has 2 N–H and O–H groups in total. The van der Waals surface area contributed by atoms with Crippen molar-refractivity contribution in [3.8, 4) is 0 Å². The topological polar surface area (TPSA) is 43.1 Å². The maximum Gasteiger partial charge on any atom is 0.131 e. The van der Waals surface area contributed by atoms with Gasteiger partial charge in [0, 0.05) is 22.6 Å². The summed E-state index contributed by atoms with van der Waals surface area (Å²) in [7, 11) is -1.23. The second-order valence-corrected chi connectivity index (χ2v) is 6.82. The van der Waals surface area contributed by atoms with Crippen LogP contribution >= 0.6 is 0 Å². The highest BCUT2D eigenvalue weighted by molar-refractivity contribution is 7.84. The Morgan fingerprint density at radius 3 is 2.67 bits per heavy atom. The summed E-state index contributed by atoms with van der Waals surface area (Å²) in [4.78, 5) is 0.785. The molecule has 0 spiro atoms. The lowest BCUT2D eigenvalue weighted by Gasteiger charge is -2.08. The molecule has 0 heterocycles. The predicted octanol–water partition coefficient (Wildman–Crippen LogP) is 3.08. The fourth-order valence-electron chi connectivity index (χ4n) is 2.82. The quantitative estimate of drug-likeness (QED) is 0.943. The zero-order valence-electron chi connectivity index (χ0n) is 11.8. The molecule has 0 bridgehead atoms. The molecule has 0 aromatic heterocycles. The number of fused-ring (bicyclic) bond motifs is 1.